The molecule has 0 saturated heterocycles. The highest BCUT2D eigenvalue weighted by Crippen LogP contribution is 2.40. The second-order valence-electron chi connectivity index (χ2n) is 10.3. The van der Waals surface area contributed by atoms with Crippen LogP contribution in [0.1, 0.15) is 38.3 Å². The van der Waals surface area contributed by atoms with Gasteiger partial charge in [-0.05, 0) is 78.7 Å². The van der Waals surface area contributed by atoms with Crippen molar-refractivity contribution in [1.82, 2.24) is 11.0 Å². The highest BCUT2D eigenvalue weighted by Gasteiger charge is 2.43. The Hall–Kier alpha value is -3.01. The molecule has 0 radical (unpaired) electrons. The summed E-state index contributed by atoms with van der Waals surface area (Å²) < 4.78 is 12.5. The van der Waals surface area contributed by atoms with Gasteiger partial charge in [-0.25, -0.2) is 4.79 Å². The molecule has 2 unspecified atom stereocenters. The summed E-state index contributed by atoms with van der Waals surface area (Å²) >= 11 is 0. The van der Waals surface area contributed by atoms with Crippen molar-refractivity contribution in [3.05, 3.63) is 59.7 Å². The number of fused-ring (bicyclic) bond motifs is 1. The number of carbonyl (C=O) groups excluding carboxylic acids is 3. The number of rotatable bonds is 9. The van der Waals surface area contributed by atoms with Crippen LogP contribution in [0.15, 0.2) is 48.5 Å². The molecule has 35 heavy (non-hydrogen) atoms. The van der Waals surface area contributed by atoms with Gasteiger partial charge in [0.05, 0.1) is 0 Å². The van der Waals surface area contributed by atoms with Crippen LogP contribution in [0.3, 0.4) is 0 Å². The standard InChI is InChI=1S/C26H34N2O6Si/c1-26(2,3)35(4,5)34-24(25(31)27-28-33-23(30)17-29)20-12-11-19-16-22(14-13-18(19)15-20)32-21-9-7-6-8-10-21/h6-10,13-14,16-17,20,24,28H,11-12,15H2,1-5H3,(H,27,31). The average molecular weight is 499 g/mol. The monoisotopic (exact) mass is 498 g/mol. The van der Waals surface area contributed by atoms with E-state index in [0.717, 1.165) is 29.9 Å². The first kappa shape index (κ1) is 26.6. The highest BCUT2D eigenvalue weighted by molar-refractivity contribution is 6.74. The number of benzene rings is 2. The normalized spacial score (nSPS) is 16.5. The van der Waals surface area contributed by atoms with Gasteiger partial charge in [-0.2, -0.15) is 0 Å². The lowest BCUT2D eigenvalue weighted by Crippen LogP contribution is -2.54. The molecule has 0 aliphatic heterocycles. The van der Waals surface area contributed by atoms with Crippen LogP contribution in [0.25, 0.3) is 0 Å². The van der Waals surface area contributed by atoms with Crippen molar-refractivity contribution in [2.24, 2.45) is 5.92 Å². The summed E-state index contributed by atoms with van der Waals surface area (Å²) in [6, 6.07) is 15.7. The topological polar surface area (TPSA) is 103 Å². The SMILES string of the molecule is CC(C)(C)[Si](C)(C)OC(C(=O)NNOC(=O)C=O)C1CCc2cc(Oc3ccccc3)ccc2C1. The Labute approximate surface area is 207 Å². The van der Waals surface area contributed by atoms with Crippen molar-refractivity contribution in [2.75, 3.05) is 0 Å². The fourth-order valence-electron chi connectivity index (χ4n) is 3.79. The van der Waals surface area contributed by atoms with Crippen molar-refractivity contribution in [3.8, 4) is 11.5 Å². The number of nitrogens with one attached hydrogen (secondary N) is 2. The van der Waals surface area contributed by atoms with Crippen LogP contribution in [0.2, 0.25) is 18.1 Å². The van der Waals surface area contributed by atoms with Crippen LogP contribution in [0.4, 0.5) is 0 Å². The van der Waals surface area contributed by atoms with E-state index in [4.69, 9.17) is 9.16 Å². The van der Waals surface area contributed by atoms with E-state index in [1.54, 1.807) is 0 Å². The van der Waals surface area contributed by atoms with Gasteiger partial charge in [-0.15, -0.1) is 0 Å². The number of hydrogen-bond acceptors (Lipinski definition) is 7. The molecule has 1 amide bonds. The van der Waals surface area contributed by atoms with E-state index in [-0.39, 0.29) is 17.2 Å². The van der Waals surface area contributed by atoms with E-state index < -0.39 is 26.3 Å². The molecule has 2 aromatic carbocycles. The van der Waals surface area contributed by atoms with E-state index >= 15 is 0 Å². The molecule has 188 valence electrons. The van der Waals surface area contributed by atoms with Gasteiger partial charge in [0, 0.05) is 0 Å². The first-order valence-corrected chi connectivity index (χ1v) is 14.6. The largest absolute Gasteiger partial charge is 0.457 e. The van der Waals surface area contributed by atoms with E-state index in [1.165, 1.54) is 5.56 Å². The van der Waals surface area contributed by atoms with E-state index in [0.29, 0.717) is 6.42 Å². The Morgan fingerprint density at radius 1 is 1.06 bits per heavy atom. The molecule has 2 aromatic rings. The maximum atomic E-state index is 13.1. The molecule has 2 N–H and O–H groups in total. The van der Waals surface area contributed by atoms with Gasteiger partial charge in [0.2, 0.25) is 6.29 Å². The number of hydrazine groups is 1. The zero-order valence-corrected chi connectivity index (χ0v) is 21.9. The quantitative estimate of drug-likeness (QED) is 0.231. The molecule has 0 saturated carbocycles. The van der Waals surface area contributed by atoms with Gasteiger partial charge in [-0.3, -0.25) is 15.0 Å². The minimum atomic E-state index is -2.30. The number of amides is 1. The van der Waals surface area contributed by atoms with Gasteiger partial charge in [-0.1, -0.05) is 50.6 Å². The molecular weight excluding hydrogens is 464 g/mol. The Kier molecular flexibility index (Phi) is 8.47. The molecule has 1 aliphatic rings. The lowest BCUT2D eigenvalue weighted by Gasteiger charge is -2.41. The van der Waals surface area contributed by atoms with Crippen LogP contribution in [0, 0.1) is 5.92 Å². The van der Waals surface area contributed by atoms with Crippen molar-refractivity contribution in [1.29, 1.82) is 0 Å². The van der Waals surface area contributed by atoms with Crippen molar-refractivity contribution >= 4 is 26.5 Å². The molecule has 0 fully saturated rings. The van der Waals surface area contributed by atoms with Crippen LogP contribution in [-0.2, 0) is 36.5 Å². The molecule has 0 aromatic heterocycles. The second-order valence-corrected chi connectivity index (χ2v) is 15.0. The Balaban J connectivity index is 1.76. The number of hydrogen-bond donors (Lipinski definition) is 2. The molecular formula is C26H34N2O6Si. The number of aldehydes is 1. The lowest BCUT2D eigenvalue weighted by atomic mass is 9.80. The number of aryl methyl sites for hydroxylation is 1. The van der Waals surface area contributed by atoms with Crippen LogP contribution in [-0.4, -0.2) is 32.6 Å². The van der Waals surface area contributed by atoms with Gasteiger partial charge < -0.3 is 14.0 Å². The number of para-hydroxylation sites is 1. The fraction of sp³-hybridized carbons (Fsp3) is 0.423. The molecule has 9 heteroatoms. The summed E-state index contributed by atoms with van der Waals surface area (Å²) in [5.74, 6) is -0.0794. The molecule has 2 atom stereocenters. The van der Waals surface area contributed by atoms with E-state index in [1.807, 2.05) is 42.5 Å². The molecule has 3 rings (SSSR count). The maximum absolute atomic E-state index is 13.1. The third-order valence-corrected chi connectivity index (χ3v) is 11.2. The highest BCUT2D eigenvalue weighted by atomic mass is 28.4. The molecule has 8 nitrogen and oxygen atoms in total. The Morgan fingerprint density at radius 3 is 2.43 bits per heavy atom. The van der Waals surface area contributed by atoms with Crippen molar-refractivity contribution < 1.29 is 28.4 Å². The fourth-order valence-corrected chi connectivity index (χ4v) is 5.07. The van der Waals surface area contributed by atoms with Crippen LogP contribution >= 0.6 is 0 Å². The van der Waals surface area contributed by atoms with Crippen molar-refractivity contribution in [3.63, 3.8) is 0 Å². The summed E-state index contributed by atoms with van der Waals surface area (Å²) in [6.45, 7) is 10.5. The minimum Gasteiger partial charge on any atom is -0.457 e. The summed E-state index contributed by atoms with van der Waals surface area (Å²) in [5.41, 5.74) is 6.78. The molecule has 0 spiro atoms. The van der Waals surface area contributed by atoms with Gasteiger partial charge in [0.15, 0.2) is 8.32 Å². The maximum Gasteiger partial charge on any atom is 0.391 e. The van der Waals surface area contributed by atoms with Gasteiger partial charge in [0.1, 0.15) is 17.6 Å². The second kappa shape index (κ2) is 11.2. The predicted molar refractivity (Wildman–Crippen MR) is 134 cm³/mol. The third kappa shape index (κ3) is 7.00. The zero-order valence-electron chi connectivity index (χ0n) is 20.9. The predicted octanol–water partition coefficient (Wildman–Crippen LogP) is 4.25. The zero-order chi connectivity index (χ0) is 25.6. The van der Waals surface area contributed by atoms with E-state index in [2.05, 4.69) is 55.8 Å². The molecule has 0 bridgehead atoms. The Morgan fingerprint density at radius 2 is 1.77 bits per heavy atom. The molecule has 1 aliphatic carbocycles. The number of carbonyl (C=O) groups is 3. The third-order valence-electron chi connectivity index (χ3n) is 6.76. The summed E-state index contributed by atoms with van der Waals surface area (Å²) in [5, 5.41) is -0.0980. The lowest BCUT2D eigenvalue weighted by molar-refractivity contribution is -0.159. The minimum absolute atomic E-state index is 0.0105. The Bertz CT molecular complexity index is 1050. The first-order valence-electron chi connectivity index (χ1n) is 11.7. The van der Waals surface area contributed by atoms with Crippen LogP contribution in [0.5, 0.6) is 11.5 Å². The summed E-state index contributed by atoms with van der Waals surface area (Å²) in [7, 11) is -2.30. The number of ether oxygens (including phenoxy) is 1. The summed E-state index contributed by atoms with van der Waals surface area (Å²) in [4.78, 5) is 39.1. The van der Waals surface area contributed by atoms with Crippen LogP contribution < -0.4 is 15.8 Å². The summed E-state index contributed by atoms with van der Waals surface area (Å²) in [6.07, 6.45) is 1.47. The van der Waals surface area contributed by atoms with Crippen molar-refractivity contribution in [2.45, 2.75) is 64.3 Å². The smallest absolute Gasteiger partial charge is 0.391 e. The van der Waals surface area contributed by atoms with E-state index in [9.17, 15) is 14.4 Å². The first-order chi connectivity index (χ1) is 16.5. The van der Waals surface area contributed by atoms with Gasteiger partial charge in [0.25, 0.3) is 5.91 Å². The van der Waals surface area contributed by atoms with Gasteiger partial charge >= 0.3 is 5.97 Å². The molecule has 0 heterocycles. The average Bonchev–Trinajstić information content (AvgIpc) is 2.82.